The van der Waals surface area contributed by atoms with Gasteiger partial charge >= 0.3 is 7.12 Å². The van der Waals surface area contributed by atoms with E-state index in [0.29, 0.717) is 27.8 Å². The minimum Gasteiger partial charge on any atom is -0.508 e. The summed E-state index contributed by atoms with van der Waals surface area (Å²) in [5.74, 6) is 0.376. The highest BCUT2D eigenvalue weighted by Crippen LogP contribution is 2.23. The number of hydrogen-bond acceptors (Lipinski definition) is 5. The second-order valence-corrected chi connectivity index (χ2v) is 4.65. The Balaban J connectivity index is 2.12. The molecule has 6 heteroatoms. The number of phenolic OH excluding ortho intramolecular Hbond substituents is 1. The van der Waals surface area contributed by atoms with Gasteiger partial charge in [0, 0.05) is 11.6 Å². The molecule has 0 unspecified atom stereocenters. The Bertz CT molecular complexity index is 852. The molecule has 0 fully saturated rings. The van der Waals surface area contributed by atoms with Crippen LogP contribution < -0.4 is 10.9 Å². The van der Waals surface area contributed by atoms with Crippen molar-refractivity contribution in [2.24, 2.45) is 0 Å². The molecule has 0 saturated heterocycles. The van der Waals surface area contributed by atoms with Crippen molar-refractivity contribution in [3.05, 3.63) is 58.8 Å². The van der Waals surface area contributed by atoms with E-state index in [2.05, 4.69) is 0 Å². The lowest BCUT2D eigenvalue weighted by Gasteiger charge is -2.05. The van der Waals surface area contributed by atoms with E-state index < -0.39 is 7.12 Å². The summed E-state index contributed by atoms with van der Waals surface area (Å²) in [5, 5.41) is 27.8. The summed E-state index contributed by atoms with van der Waals surface area (Å²) in [4.78, 5) is 12.0. The van der Waals surface area contributed by atoms with Gasteiger partial charge in [-0.2, -0.15) is 0 Å². The fourth-order valence-electron chi connectivity index (χ4n) is 2.11. The lowest BCUT2D eigenvalue weighted by Crippen LogP contribution is -2.29. The van der Waals surface area contributed by atoms with Gasteiger partial charge in [0.25, 0.3) is 0 Å². The van der Waals surface area contributed by atoms with E-state index in [-0.39, 0.29) is 11.2 Å². The Morgan fingerprint density at radius 1 is 0.952 bits per heavy atom. The maximum atomic E-state index is 12.0. The monoisotopic (exact) mass is 282 g/mol. The summed E-state index contributed by atoms with van der Waals surface area (Å²) in [6.07, 6.45) is 0. The van der Waals surface area contributed by atoms with Crippen LogP contribution in [0.3, 0.4) is 0 Å². The number of aromatic hydroxyl groups is 1. The molecule has 21 heavy (non-hydrogen) atoms. The van der Waals surface area contributed by atoms with Crippen LogP contribution in [0.4, 0.5) is 0 Å². The predicted molar refractivity (Wildman–Crippen MR) is 79.4 cm³/mol. The zero-order valence-electron chi connectivity index (χ0n) is 10.9. The number of rotatable bonds is 2. The van der Waals surface area contributed by atoms with Crippen LogP contribution in [0.2, 0.25) is 0 Å². The topological polar surface area (TPSA) is 90.9 Å². The molecular weight excluding hydrogens is 271 g/mol. The first-order valence-corrected chi connectivity index (χ1v) is 6.28. The van der Waals surface area contributed by atoms with Gasteiger partial charge in [0.15, 0.2) is 5.43 Å². The van der Waals surface area contributed by atoms with Gasteiger partial charge in [-0.05, 0) is 23.7 Å². The molecule has 0 aliphatic rings. The Labute approximate surface area is 119 Å². The summed E-state index contributed by atoms with van der Waals surface area (Å²) in [6, 6.07) is 12.0. The second-order valence-electron chi connectivity index (χ2n) is 4.65. The van der Waals surface area contributed by atoms with Crippen molar-refractivity contribution in [1.82, 2.24) is 0 Å². The first-order valence-electron chi connectivity index (χ1n) is 6.28. The molecule has 3 N–H and O–H groups in total. The average Bonchev–Trinajstić information content (AvgIpc) is 2.48. The van der Waals surface area contributed by atoms with Crippen molar-refractivity contribution in [2.75, 3.05) is 0 Å². The van der Waals surface area contributed by atoms with Crippen LogP contribution in [0.25, 0.3) is 22.3 Å². The van der Waals surface area contributed by atoms with Crippen LogP contribution in [-0.2, 0) is 0 Å². The molecule has 3 rings (SSSR count). The summed E-state index contributed by atoms with van der Waals surface area (Å²) < 4.78 is 5.65. The maximum absolute atomic E-state index is 12.0. The van der Waals surface area contributed by atoms with Gasteiger partial charge in [-0.3, -0.25) is 4.79 Å². The number of fused-ring (bicyclic) bond motifs is 1. The fourth-order valence-corrected chi connectivity index (χ4v) is 2.11. The van der Waals surface area contributed by atoms with E-state index in [9.17, 15) is 9.90 Å². The zero-order chi connectivity index (χ0) is 15.0. The van der Waals surface area contributed by atoms with Crippen molar-refractivity contribution < 1.29 is 19.6 Å². The number of phenols is 1. The third-order valence-corrected chi connectivity index (χ3v) is 3.20. The van der Waals surface area contributed by atoms with E-state index in [0.717, 1.165) is 0 Å². The highest BCUT2D eigenvalue weighted by Gasteiger charge is 2.12. The lowest BCUT2D eigenvalue weighted by atomic mass is 9.80. The molecule has 1 heterocycles. The third-order valence-electron chi connectivity index (χ3n) is 3.20. The molecule has 0 saturated carbocycles. The SMILES string of the molecule is O=c1cc(-c2ccc(B(O)O)cc2)oc2ccc(O)cc12. The molecule has 0 aliphatic heterocycles. The molecule has 0 spiro atoms. The van der Waals surface area contributed by atoms with E-state index in [1.165, 1.54) is 24.3 Å². The zero-order valence-corrected chi connectivity index (χ0v) is 10.9. The highest BCUT2D eigenvalue weighted by molar-refractivity contribution is 6.58. The molecule has 0 radical (unpaired) electrons. The quantitative estimate of drug-likeness (QED) is 0.606. The molecule has 0 aliphatic carbocycles. The van der Waals surface area contributed by atoms with Gasteiger partial charge in [0.2, 0.25) is 0 Å². The molecule has 1 aromatic heterocycles. The second kappa shape index (κ2) is 5.08. The van der Waals surface area contributed by atoms with Gasteiger partial charge in [-0.25, -0.2) is 0 Å². The Kier molecular flexibility index (Phi) is 3.25. The molecule has 5 nitrogen and oxygen atoms in total. The van der Waals surface area contributed by atoms with Crippen molar-refractivity contribution in [1.29, 1.82) is 0 Å². The van der Waals surface area contributed by atoms with Gasteiger partial charge in [0.05, 0.1) is 5.39 Å². The summed E-state index contributed by atoms with van der Waals surface area (Å²) in [7, 11) is -1.54. The first-order chi connectivity index (χ1) is 10.0. The minimum absolute atomic E-state index is 0.00355. The largest absolute Gasteiger partial charge is 0.508 e. The van der Waals surface area contributed by atoms with Crippen molar-refractivity contribution in [3.63, 3.8) is 0 Å². The summed E-state index contributed by atoms with van der Waals surface area (Å²) in [6.45, 7) is 0. The fraction of sp³-hybridized carbons (Fsp3) is 0. The summed E-state index contributed by atoms with van der Waals surface area (Å²) >= 11 is 0. The molecule has 0 amide bonds. The summed E-state index contributed by atoms with van der Waals surface area (Å²) in [5.41, 5.74) is 1.12. The van der Waals surface area contributed by atoms with Crippen molar-refractivity contribution >= 4 is 23.6 Å². The van der Waals surface area contributed by atoms with E-state index >= 15 is 0 Å². The minimum atomic E-state index is -1.54. The molecule has 104 valence electrons. The Morgan fingerprint density at radius 2 is 1.67 bits per heavy atom. The van der Waals surface area contributed by atoms with Crippen LogP contribution in [0, 0.1) is 0 Å². The Hall–Kier alpha value is -2.57. The van der Waals surface area contributed by atoms with Crippen molar-refractivity contribution in [2.45, 2.75) is 0 Å². The van der Waals surface area contributed by atoms with Crippen LogP contribution in [0.15, 0.2) is 57.7 Å². The van der Waals surface area contributed by atoms with Crippen LogP contribution in [0.1, 0.15) is 0 Å². The normalized spacial score (nSPS) is 10.8. The smallest absolute Gasteiger partial charge is 0.488 e. The van der Waals surface area contributed by atoms with Crippen molar-refractivity contribution in [3.8, 4) is 17.1 Å². The van der Waals surface area contributed by atoms with Crippen LogP contribution in [-0.4, -0.2) is 22.3 Å². The molecule has 2 aromatic carbocycles. The van der Waals surface area contributed by atoms with Gasteiger partial charge in [-0.15, -0.1) is 0 Å². The lowest BCUT2D eigenvalue weighted by molar-refractivity contribution is 0.426. The van der Waals surface area contributed by atoms with Crippen LogP contribution in [0.5, 0.6) is 5.75 Å². The van der Waals surface area contributed by atoms with E-state index in [1.54, 1.807) is 24.3 Å². The number of hydrogen-bond donors (Lipinski definition) is 3. The molecule has 0 atom stereocenters. The van der Waals surface area contributed by atoms with E-state index in [1.807, 2.05) is 0 Å². The molecule has 0 bridgehead atoms. The van der Waals surface area contributed by atoms with Crippen LogP contribution >= 0.6 is 0 Å². The van der Waals surface area contributed by atoms with Gasteiger partial charge in [-0.1, -0.05) is 24.3 Å². The van der Waals surface area contributed by atoms with Gasteiger partial charge in [0.1, 0.15) is 17.1 Å². The standard InChI is InChI=1S/C15H11BO5/c17-11-5-6-14-12(7-11)13(18)8-15(21-14)9-1-3-10(4-2-9)16(19)20/h1-8,17,19-20H. The first kappa shape index (κ1) is 13.4. The predicted octanol–water partition coefficient (Wildman–Crippen LogP) is 0.845. The maximum Gasteiger partial charge on any atom is 0.488 e. The number of benzene rings is 2. The molecular formula is C15H11BO5. The van der Waals surface area contributed by atoms with E-state index in [4.69, 9.17) is 14.5 Å². The highest BCUT2D eigenvalue weighted by atomic mass is 16.4. The average molecular weight is 282 g/mol. The Morgan fingerprint density at radius 3 is 2.33 bits per heavy atom. The third kappa shape index (κ3) is 2.54. The van der Waals surface area contributed by atoms with Gasteiger partial charge < -0.3 is 19.6 Å². The molecule has 3 aromatic rings.